The Morgan fingerprint density at radius 3 is 3.05 bits per heavy atom. The van der Waals surface area contributed by atoms with Crippen molar-refractivity contribution < 1.29 is 4.74 Å². The summed E-state index contributed by atoms with van der Waals surface area (Å²) in [4.78, 5) is 11.4. The van der Waals surface area contributed by atoms with Crippen LogP contribution in [-0.2, 0) is 4.74 Å². The van der Waals surface area contributed by atoms with Crippen LogP contribution in [0, 0.1) is 5.92 Å². The Morgan fingerprint density at radius 2 is 2.37 bits per heavy atom. The van der Waals surface area contributed by atoms with Gasteiger partial charge in [0.2, 0.25) is 0 Å². The second-order valence-electron chi connectivity index (χ2n) is 4.76. The van der Waals surface area contributed by atoms with Crippen LogP contribution in [-0.4, -0.2) is 50.1 Å². The van der Waals surface area contributed by atoms with Crippen LogP contribution in [0.25, 0.3) is 0 Å². The number of hydrogen-bond acceptors (Lipinski definition) is 6. The molecule has 1 fully saturated rings. The van der Waals surface area contributed by atoms with E-state index in [1.165, 1.54) is 12.8 Å². The number of anilines is 2. The summed E-state index contributed by atoms with van der Waals surface area (Å²) in [6.07, 6.45) is 4.44. The molecule has 1 aliphatic rings. The van der Waals surface area contributed by atoms with E-state index in [2.05, 4.69) is 20.2 Å². The summed E-state index contributed by atoms with van der Waals surface area (Å²) in [6, 6.07) is 2.02. The fourth-order valence-corrected chi connectivity index (χ4v) is 2.81. The number of ether oxygens (including phenoxy) is 1. The normalized spacial score (nSPS) is 19.5. The van der Waals surface area contributed by atoms with Crippen LogP contribution in [0.5, 0.6) is 0 Å². The minimum atomic E-state index is 0.601. The van der Waals surface area contributed by atoms with Gasteiger partial charge >= 0.3 is 0 Å². The number of nitrogens with one attached hydrogen (secondary N) is 1. The molecule has 0 saturated carbocycles. The number of piperidine rings is 1. The average molecular weight is 282 g/mol. The van der Waals surface area contributed by atoms with Gasteiger partial charge < -0.3 is 15.0 Å². The molecular formula is C13H22N4OS. The Labute approximate surface area is 119 Å². The highest BCUT2D eigenvalue weighted by Crippen LogP contribution is 2.25. The van der Waals surface area contributed by atoms with Gasteiger partial charge in [-0.3, -0.25) is 0 Å². The standard InChI is InChI=1S/C13H22N4OS/c1-14-11-7-12(16-13(15-11)19-3)17-6-4-5-10(8-17)9-18-2/h7,10H,4-6,8-9H2,1-3H3,(H,14,15,16). The molecule has 1 atom stereocenters. The molecule has 0 amide bonds. The molecule has 2 heterocycles. The third kappa shape index (κ3) is 3.73. The summed E-state index contributed by atoms with van der Waals surface area (Å²) in [6.45, 7) is 2.91. The maximum Gasteiger partial charge on any atom is 0.191 e. The predicted octanol–water partition coefficient (Wildman–Crippen LogP) is 2.10. The molecular weight excluding hydrogens is 260 g/mol. The molecule has 6 heteroatoms. The zero-order valence-electron chi connectivity index (χ0n) is 11.8. The van der Waals surface area contributed by atoms with Gasteiger partial charge in [0.25, 0.3) is 0 Å². The van der Waals surface area contributed by atoms with E-state index in [-0.39, 0.29) is 0 Å². The maximum absolute atomic E-state index is 5.28. The smallest absolute Gasteiger partial charge is 0.191 e. The van der Waals surface area contributed by atoms with Crippen LogP contribution >= 0.6 is 11.8 Å². The number of aromatic nitrogens is 2. The molecule has 1 aromatic heterocycles. The molecule has 1 saturated heterocycles. The number of rotatable bonds is 5. The molecule has 1 aromatic rings. The molecule has 1 unspecified atom stereocenters. The minimum absolute atomic E-state index is 0.601. The van der Waals surface area contributed by atoms with E-state index < -0.39 is 0 Å². The zero-order valence-corrected chi connectivity index (χ0v) is 12.7. The summed E-state index contributed by atoms with van der Waals surface area (Å²) in [7, 11) is 3.66. The van der Waals surface area contributed by atoms with Gasteiger partial charge in [-0.1, -0.05) is 11.8 Å². The molecule has 19 heavy (non-hydrogen) atoms. The van der Waals surface area contributed by atoms with E-state index in [0.717, 1.165) is 36.5 Å². The fourth-order valence-electron chi connectivity index (χ4n) is 2.44. The largest absolute Gasteiger partial charge is 0.384 e. The summed E-state index contributed by atoms with van der Waals surface area (Å²) in [5.74, 6) is 2.50. The van der Waals surface area contributed by atoms with E-state index >= 15 is 0 Å². The molecule has 1 aliphatic heterocycles. The monoisotopic (exact) mass is 282 g/mol. The summed E-state index contributed by atoms with van der Waals surface area (Å²) in [5, 5.41) is 3.92. The Kier molecular flexibility index (Phi) is 5.27. The molecule has 106 valence electrons. The van der Waals surface area contributed by atoms with Crippen molar-refractivity contribution >= 4 is 23.4 Å². The predicted molar refractivity (Wildman–Crippen MR) is 80.2 cm³/mol. The van der Waals surface area contributed by atoms with Crippen LogP contribution in [0.4, 0.5) is 11.6 Å². The Balaban J connectivity index is 2.15. The first-order chi connectivity index (χ1) is 9.26. The highest BCUT2D eigenvalue weighted by atomic mass is 32.2. The first-order valence-corrected chi connectivity index (χ1v) is 7.84. The first kappa shape index (κ1) is 14.4. The fraction of sp³-hybridized carbons (Fsp3) is 0.692. The van der Waals surface area contributed by atoms with Gasteiger partial charge in [-0.2, -0.15) is 0 Å². The van der Waals surface area contributed by atoms with Crippen molar-refractivity contribution in [1.29, 1.82) is 0 Å². The van der Waals surface area contributed by atoms with Crippen molar-refractivity contribution in [2.45, 2.75) is 18.0 Å². The van der Waals surface area contributed by atoms with Crippen molar-refractivity contribution in [3.05, 3.63) is 6.07 Å². The SMILES string of the molecule is CNc1cc(N2CCCC(COC)C2)nc(SC)n1. The van der Waals surface area contributed by atoms with Gasteiger partial charge in [0.1, 0.15) is 11.6 Å². The average Bonchev–Trinajstić information content (AvgIpc) is 2.47. The third-order valence-corrected chi connectivity index (χ3v) is 3.92. The van der Waals surface area contributed by atoms with Gasteiger partial charge in [0.15, 0.2) is 5.16 Å². The zero-order chi connectivity index (χ0) is 13.7. The van der Waals surface area contributed by atoms with E-state index in [1.54, 1.807) is 18.9 Å². The molecule has 0 bridgehead atoms. The second kappa shape index (κ2) is 6.96. The van der Waals surface area contributed by atoms with Crippen molar-refractivity contribution in [2.24, 2.45) is 5.92 Å². The van der Waals surface area contributed by atoms with Gasteiger partial charge in [0.05, 0.1) is 6.61 Å². The molecule has 0 aliphatic carbocycles. The lowest BCUT2D eigenvalue weighted by Gasteiger charge is -2.33. The lowest BCUT2D eigenvalue weighted by molar-refractivity contribution is 0.143. The molecule has 5 nitrogen and oxygen atoms in total. The maximum atomic E-state index is 5.28. The van der Waals surface area contributed by atoms with Gasteiger partial charge in [-0.15, -0.1) is 0 Å². The number of nitrogens with zero attached hydrogens (tertiary/aromatic N) is 3. The number of hydrogen-bond donors (Lipinski definition) is 1. The van der Waals surface area contributed by atoms with Crippen LogP contribution in [0.1, 0.15) is 12.8 Å². The van der Waals surface area contributed by atoms with Gasteiger partial charge in [-0.25, -0.2) is 9.97 Å². The first-order valence-electron chi connectivity index (χ1n) is 6.61. The van der Waals surface area contributed by atoms with E-state index in [0.29, 0.717) is 5.92 Å². The molecule has 0 aromatic carbocycles. The van der Waals surface area contributed by atoms with Crippen molar-refractivity contribution in [2.75, 3.05) is 50.3 Å². The van der Waals surface area contributed by atoms with Gasteiger partial charge in [0, 0.05) is 33.3 Å². The van der Waals surface area contributed by atoms with Crippen LogP contribution in [0.3, 0.4) is 0 Å². The molecule has 2 rings (SSSR count). The third-order valence-electron chi connectivity index (χ3n) is 3.38. The van der Waals surface area contributed by atoms with Gasteiger partial charge in [-0.05, 0) is 25.0 Å². The second-order valence-corrected chi connectivity index (χ2v) is 5.53. The highest BCUT2D eigenvalue weighted by molar-refractivity contribution is 7.98. The minimum Gasteiger partial charge on any atom is -0.384 e. The Morgan fingerprint density at radius 1 is 1.53 bits per heavy atom. The topological polar surface area (TPSA) is 50.3 Å². The van der Waals surface area contributed by atoms with Crippen LogP contribution in [0.2, 0.25) is 0 Å². The number of thioether (sulfide) groups is 1. The molecule has 1 N–H and O–H groups in total. The summed E-state index contributed by atoms with van der Waals surface area (Å²) < 4.78 is 5.28. The van der Waals surface area contributed by atoms with Crippen LogP contribution in [0.15, 0.2) is 11.2 Å². The lowest BCUT2D eigenvalue weighted by atomic mass is 9.99. The number of methoxy groups -OCH3 is 1. The van der Waals surface area contributed by atoms with Crippen molar-refractivity contribution in [3.8, 4) is 0 Å². The van der Waals surface area contributed by atoms with E-state index in [4.69, 9.17) is 4.74 Å². The van der Waals surface area contributed by atoms with E-state index in [9.17, 15) is 0 Å². The lowest BCUT2D eigenvalue weighted by Crippen LogP contribution is -2.37. The van der Waals surface area contributed by atoms with E-state index in [1.807, 2.05) is 19.4 Å². The molecule has 0 spiro atoms. The quantitative estimate of drug-likeness (QED) is 0.659. The van der Waals surface area contributed by atoms with Crippen LogP contribution < -0.4 is 10.2 Å². The Bertz CT molecular complexity index is 391. The van der Waals surface area contributed by atoms with Crippen molar-refractivity contribution in [1.82, 2.24) is 9.97 Å². The van der Waals surface area contributed by atoms with Crippen molar-refractivity contribution in [3.63, 3.8) is 0 Å². The highest BCUT2D eigenvalue weighted by Gasteiger charge is 2.21. The molecule has 0 radical (unpaired) electrons. The summed E-state index contributed by atoms with van der Waals surface area (Å²) >= 11 is 1.57. The summed E-state index contributed by atoms with van der Waals surface area (Å²) in [5.41, 5.74) is 0. The Hall–Kier alpha value is -1.01.